The Labute approximate surface area is 107 Å². The van der Waals surface area contributed by atoms with E-state index in [1.165, 1.54) is 27.8 Å². The largest absolute Gasteiger partial charge is 0.0843 e. The molecule has 0 amide bonds. The third kappa shape index (κ3) is 1.44. The maximum Gasteiger partial charge on any atom is 0.0409 e. The molecule has 3 rings (SSSR count). The van der Waals surface area contributed by atoms with E-state index in [1.807, 2.05) is 6.07 Å². The minimum absolute atomic E-state index is 0.0588. The molecule has 0 heterocycles. The van der Waals surface area contributed by atoms with Crippen molar-refractivity contribution < 1.29 is 0 Å². The summed E-state index contributed by atoms with van der Waals surface area (Å²) in [7, 11) is 0. The third-order valence-electron chi connectivity index (χ3n) is 3.79. The van der Waals surface area contributed by atoms with Crippen LogP contribution in [0.25, 0.3) is 11.1 Å². The summed E-state index contributed by atoms with van der Waals surface area (Å²) < 4.78 is 0. The van der Waals surface area contributed by atoms with Crippen LogP contribution in [0.1, 0.15) is 30.5 Å². The van der Waals surface area contributed by atoms with Gasteiger partial charge in [0.1, 0.15) is 0 Å². The average Bonchev–Trinajstić information content (AvgIpc) is 2.48. The van der Waals surface area contributed by atoms with Gasteiger partial charge in [-0.1, -0.05) is 55.3 Å². The Morgan fingerprint density at radius 3 is 2.41 bits per heavy atom. The molecule has 0 spiro atoms. The summed E-state index contributed by atoms with van der Waals surface area (Å²) in [6.07, 6.45) is 0. The van der Waals surface area contributed by atoms with Crippen LogP contribution < -0.4 is 0 Å². The minimum Gasteiger partial charge on any atom is -0.0843 e. The first kappa shape index (κ1) is 10.9. The molecule has 0 atom stereocenters. The van der Waals surface area contributed by atoms with Gasteiger partial charge in [0, 0.05) is 10.4 Å². The first-order valence-corrected chi connectivity index (χ1v) is 6.29. The van der Waals surface area contributed by atoms with Crippen molar-refractivity contribution in [2.24, 2.45) is 0 Å². The van der Waals surface area contributed by atoms with Gasteiger partial charge in [-0.3, -0.25) is 0 Å². The van der Waals surface area contributed by atoms with E-state index in [0.29, 0.717) is 0 Å². The highest BCUT2D eigenvalue weighted by Crippen LogP contribution is 2.49. The molecular weight excluding hydrogens is 228 g/mol. The highest BCUT2D eigenvalue weighted by molar-refractivity contribution is 6.30. The standard InChI is InChI=1S/C16H15Cl/c1-10-4-7-14-13(8-10)12-6-5-11(17)9-15(12)16(14,2)3/h4-9H,1-3H3. The van der Waals surface area contributed by atoms with E-state index in [1.54, 1.807) is 0 Å². The zero-order valence-corrected chi connectivity index (χ0v) is 11.1. The molecule has 0 N–H and O–H groups in total. The molecule has 0 nitrogen and oxygen atoms in total. The van der Waals surface area contributed by atoms with Gasteiger partial charge in [-0.25, -0.2) is 0 Å². The topological polar surface area (TPSA) is 0 Å². The SMILES string of the molecule is Cc1ccc2c(c1)-c1ccc(Cl)cc1C2(C)C. The van der Waals surface area contributed by atoms with E-state index >= 15 is 0 Å². The maximum atomic E-state index is 6.12. The fraction of sp³-hybridized carbons (Fsp3) is 0.250. The van der Waals surface area contributed by atoms with Gasteiger partial charge in [0.2, 0.25) is 0 Å². The van der Waals surface area contributed by atoms with Crippen LogP contribution in [0.5, 0.6) is 0 Å². The zero-order chi connectivity index (χ0) is 12.2. The van der Waals surface area contributed by atoms with Crippen molar-refractivity contribution >= 4 is 11.6 Å². The van der Waals surface area contributed by atoms with E-state index in [4.69, 9.17) is 11.6 Å². The lowest BCUT2D eigenvalue weighted by atomic mass is 9.82. The Morgan fingerprint density at radius 1 is 0.882 bits per heavy atom. The molecule has 1 heteroatoms. The summed E-state index contributed by atoms with van der Waals surface area (Å²) in [6.45, 7) is 6.67. The summed E-state index contributed by atoms with van der Waals surface area (Å²) in [4.78, 5) is 0. The number of rotatable bonds is 0. The van der Waals surface area contributed by atoms with E-state index < -0.39 is 0 Å². The van der Waals surface area contributed by atoms with Crippen molar-refractivity contribution in [2.45, 2.75) is 26.2 Å². The Hall–Kier alpha value is -1.27. The lowest BCUT2D eigenvalue weighted by Gasteiger charge is -2.21. The third-order valence-corrected chi connectivity index (χ3v) is 4.03. The van der Waals surface area contributed by atoms with Crippen LogP contribution in [0.2, 0.25) is 5.02 Å². The van der Waals surface area contributed by atoms with Crippen LogP contribution in [0.3, 0.4) is 0 Å². The lowest BCUT2D eigenvalue weighted by Crippen LogP contribution is -2.14. The second-order valence-electron chi connectivity index (χ2n) is 5.36. The van der Waals surface area contributed by atoms with Crippen LogP contribution in [-0.2, 0) is 5.41 Å². The molecular formula is C16H15Cl. The van der Waals surface area contributed by atoms with E-state index in [-0.39, 0.29) is 5.41 Å². The van der Waals surface area contributed by atoms with Gasteiger partial charge in [0.15, 0.2) is 0 Å². The quantitative estimate of drug-likeness (QED) is 0.613. The highest BCUT2D eigenvalue weighted by Gasteiger charge is 2.35. The van der Waals surface area contributed by atoms with Gasteiger partial charge in [0.05, 0.1) is 0 Å². The molecule has 0 aliphatic heterocycles. The Kier molecular flexibility index (Phi) is 2.15. The normalized spacial score (nSPS) is 15.5. The Morgan fingerprint density at radius 2 is 1.65 bits per heavy atom. The fourth-order valence-electron chi connectivity index (χ4n) is 2.84. The monoisotopic (exact) mass is 242 g/mol. The van der Waals surface area contributed by atoms with Crippen molar-refractivity contribution in [3.63, 3.8) is 0 Å². The molecule has 0 aromatic heterocycles. The first-order valence-electron chi connectivity index (χ1n) is 5.92. The molecule has 0 bridgehead atoms. The molecule has 0 radical (unpaired) electrons. The van der Waals surface area contributed by atoms with Crippen LogP contribution in [-0.4, -0.2) is 0 Å². The Bertz CT molecular complexity index is 609. The number of benzene rings is 2. The van der Waals surface area contributed by atoms with Crippen molar-refractivity contribution in [3.8, 4) is 11.1 Å². The predicted molar refractivity (Wildman–Crippen MR) is 73.8 cm³/mol. The van der Waals surface area contributed by atoms with E-state index in [0.717, 1.165) is 5.02 Å². The Balaban J connectivity index is 2.38. The van der Waals surface area contributed by atoms with Gasteiger partial charge in [0.25, 0.3) is 0 Å². The number of hydrogen-bond donors (Lipinski definition) is 0. The van der Waals surface area contributed by atoms with Gasteiger partial charge in [-0.05, 0) is 41.3 Å². The second-order valence-corrected chi connectivity index (χ2v) is 5.80. The lowest BCUT2D eigenvalue weighted by molar-refractivity contribution is 0.660. The molecule has 17 heavy (non-hydrogen) atoms. The number of halogens is 1. The summed E-state index contributed by atoms with van der Waals surface area (Å²) in [5.41, 5.74) is 6.80. The van der Waals surface area contributed by atoms with Crippen molar-refractivity contribution in [1.29, 1.82) is 0 Å². The summed E-state index contributed by atoms with van der Waals surface area (Å²) in [5.74, 6) is 0. The molecule has 0 saturated carbocycles. The fourth-order valence-corrected chi connectivity index (χ4v) is 3.01. The van der Waals surface area contributed by atoms with Crippen molar-refractivity contribution in [3.05, 3.63) is 58.1 Å². The van der Waals surface area contributed by atoms with Crippen molar-refractivity contribution in [2.75, 3.05) is 0 Å². The van der Waals surface area contributed by atoms with Crippen LogP contribution in [0, 0.1) is 6.92 Å². The molecule has 0 saturated heterocycles. The first-order chi connectivity index (χ1) is 8.00. The predicted octanol–water partition coefficient (Wildman–Crippen LogP) is 4.95. The molecule has 86 valence electrons. The summed E-state index contributed by atoms with van der Waals surface area (Å²) >= 11 is 6.12. The summed E-state index contributed by atoms with van der Waals surface area (Å²) in [5, 5.41) is 0.821. The minimum atomic E-state index is 0.0588. The number of aryl methyl sites for hydroxylation is 1. The van der Waals surface area contributed by atoms with Crippen LogP contribution in [0.4, 0.5) is 0 Å². The van der Waals surface area contributed by atoms with Crippen LogP contribution in [0.15, 0.2) is 36.4 Å². The summed E-state index contributed by atoms with van der Waals surface area (Å²) in [6, 6.07) is 12.9. The smallest absolute Gasteiger partial charge is 0.0409 e. The highest BCUT2D eigenvalue weighted by atomic mass is 35.5. The number of fused-ring (bicyclic) bond motifs is 3. The molecule has 0 unspecified atom stereocenters. The molecule has 0 fully saturated rings. The zero-order valence-electron chi connectivity index (χ0n) is 10.3. The second kappa shape index (κ2) is 3.36. The van der Waals surface area contributed by atoms with Gasteiger partial charge >= 0.3 is 0 Å². The van der Waals surface area contributed by atoms with Gasteiger partial charge in [-0.2, -0.15) is 0 Å². The molecule has 1 aliphatic carbocycles. The van der Waals surface area contributed by atoms with E-state index in [2.05, 4.69) is 51.1 Å². The molecule has 2 aromatic carbocycles. The van der Waals surface area contributed by atoms with Crippen molar-refractivity contribution in [1.82, 2.24) is 0 Å². The van der Waals surface area contributed by atoms with E-state index in [9.17, 15) is 0 Å². The van der Waals surface area contributed by atoms with Crippen LogP contribution >= 0.6 is 11.6 Å². The molecule has 2 aromatic rings. The maximum absolute atomic E-state index is 6.12. The molecule has 1 aliphatic rings. The average molecular weight is 243 g/mol. The van der Waals surface area contributed by atoms with Gasteiger partial charge in [-0.15, -0.1) is 0 Å². The number of hydrogen-bond acceptors (Lipinski definition) is 0. The van der Waals surface area contributed by atoms with Gasteiger partial charge < -0.3 is 0 Å².